The maximum Gasteiger partial charge on any atom is 0.274 e. The Morgan fingerprint density at radius 2 is 2.12 bits per heavy atom. The number of pyridine rings is 1. The predicted molar refractivity (Wildman–Crippen MR) is 87.8 cm³/mol. The van der Waals surface area contributed by atoms with Crippen molar-refractivity contribution in [2.75, 3.05) is 13.1 Å². The van der Waals surface area contributed by atoms with Gasteiger partial charge in [-0.15, -0.1) is 0 Å². The molecule has 1 aliphatic heterocycles. The third kappa shape index (κ3) is 2.62. The molecule has 1 N–H and O–H groups in total. The molecule has 0 unspecified atom stereocenters. The molecule has 4 rings (SSSR count). The van der Waals surface area contributed by atoms with Crippen molar-refractivity contribution in [2.45, 2.75) is 32.1 Å². The van der Waals surface area contributed by atoms with Gasteiger partial charge in [-0.25, -0.2) is 0 Å². The van der Waals surface area contributed by atoms with Gasteiger partial charge in [0, 0.05) is 36.5 Å². The Hall–Kier alpha value is -2.50. The molecule has 0 aromatic carbocycles. The number of piperidine rings is 1. The quantitative estimate of drug-likeness (QED) is 0.876. The number of Topliss-reactive ketones (excluding diaryl/α,β-unsaturated/α-hetero) is 1. The first-order chi connectivity index (χ1) is 11.7. The summed E-state index contributed by atoms with van der Waals surface area (Å²) in [5.41, 5.74) is 3.19. The standard InChI is InChI=1S/C18H20N4O2/c23-17(15-7-1-2-9-19-15)12-5-4-10-22(11-12)18(24)16-13-6-3-8-14(13)20-21-16/h1-2,7,9,12H,3-6,8,10-11H2,(H,20,21)/t12-/m1/s1. The molecule has 1 atom stereocenters. The number of hydrogen-bond donors (Lipinski definition) is 1. The average molecular weight is 324 g/mol. The first kappa shape index (κ1) is 15.1. The highest BCUT2D eigenvalue weighted by molar-refractivity contribution is 5.98. The van der Waals surface area contributed by atoms with Gasteiger partial charge in [-0.3, -0.25) is 19.7 Å². The largest absolute Gasteiger partial charge is 0.337 e. The molecule has 124 valence electrons. The Kier molecular flexibility index (Phi) is 3.88. The summed E-state index contributed by atoms with van der Waals surface area (Å²) in [5, 5.41) is 7.22. The minimum atomic E-state index is -0.176. The number of amides is 1. The van der Waals surface area contributed by atoms with E-state index in [0.717, 1.165) is 43.4 Å². The monoisotopic (exact) mass is 324 g/mol. The predicted octanol–water partition coefficient (Wildman–Crippen LogP) is 2.03. The Labute approximate surface area is 140 Å². The number of ketones is 1. The number of nitrogens with one attached hydrogen (secondary N) is 1. The van der Waals surface area contributed by atoms with Gasteiger partial charge in [0.2, 0.25) is 0 Å². The van der Waals surface area contributed by atoms with Crippen molar-refractivity contribution in [3.8, 4) is 0 Å². The van der Waals surface area contributed by atoms with E-state index in [1.165, 1.54) is 0 Å². The fraction of sp³-hybridized carbons (Fsp3) is 0.444. The van der Waals surface area contributed by atoms with Gasteiger partial charge >= 0.3 is 0 Å². The van der Waals surface area contributed by atoms with Crippen molar-refractivity contribution in [2.24, 2.45) is 5.92 Å². The van der Waals surface area contributed by atoms with Crippen LogP contribution in [0, 0.1) is 5.92 Å². The summed E-state index contributed by atoms with van der Waals surface area (Å²) in [6.07, 6.45) is 6.23. The molecule has 1 saturated heterocycles. The topological polar surface area (TPSA) is 79.0 Å². The highest BCUT2D eigenvalue weighted by Gasteiger charge is 2.32. The molecule has 1 amide bonds. The second kappa shape index (κ2) is 6.19. The summed E-state index contributed by atoms with van der Waals surface area (Å²) in [5.74, 6) is -0.196. The Bertz CT molecular complexity index is 769. The van der Waals surface area contributed by atoms with Gasteiger partial charge in [0.25, 0.3) is 5.91 Å². The number of H-pyrrole nitrogens is 1. The highest BCUT2D eigenvalue weighted by atomic mass is 16.2. The minimum absolute atomic E-state index is 0.0281. The molecule has 0 radical (unpaired) electrons. The molecule has 2 aromatic heterocycles. The molecule has 0 saturated carbocycles. The third-order valence-electron chi connectivity index (χ3n) is 5.01. The third-order valence-corrected chi connectivity index (χ3v) is 5.01. The van der Waals surface area contributed by atoms with Crippen molar-refractivity contribution >= 4 is 11.7 Å². The second-order valence-corrected chi connectivity index (χ2v) is 6.55. The van der Waals surface area contributed by atoms with Crippen molar-refractivity contribution in [1.82, 2.24) is 20.1 Å². The van der Waals surface area contributed by atoms with E-state index in [2.05, 4.69) is 15.2 Å². The lowest BCUT2D eigenvalue weighted by Crippen LogP contribution is -2.42. The van der Waals surface area contributed by atoms with E-state index in [9.17, 15) is 9.59 Å². The van der Waals surface area contributed by atoms with Gasteiger partial charge < -0.3 is 4.90 Å². The van der Waals surface area contributed by atoms with Crippen LogP contribution < -0.4 is 0 Å². The minimum Gasteiger partial charge on any atom is -0.337 e. The van der Waals surface area contributed by atoms with Gasteiger partial charge in [0.1, 0.15) is 5.69 Å². The first-order valence-electron chi connectivity index (χ1n) is 8.54. The SMILES string of the molecule is O=C(c1ccccn1)[C@@H]1CCCN(C(=O)c2n[nH]c3c2CCC3)C1. The van der Waals surface area contributed by atoms with Crippen LogP contribution in [0.25, 0.3) is 0 Å². The van der Waals surface area contributed by atoms with Gasteiger partial charge in [-0.2, -0.15) is 5.10 Å². The number of aryl methyl sites for hydroxylation is 1. The molecule has 1 fully saturated rings. The van der Waals surface area contributed by atoms with Crippen molar-refractivity contribution < 1.29 is 9.59 Å². The number of rotatable bonds is 3. The molecule has 6 nitrogen and oxygen atoms in total. The van der Waals surface area contributed by atoms with E-state index in [4.69, 9.17) is 0 Å². The molecular weight excluding hydrogens is 304 g/mol. The molecule has 3 heterocycles. The average Bonchev–Trinajstić information content (AvgIpc) is 3.25. The Morgan fingerprint density at radius 3 is 2.96 bits per heavy atom. The van der Waals surface area contributed by atoms with Crippen molar-refractivity contribution in [1.29, 1.82) is 0 Å². The molecule has 24 heavy (non-hydrogen) atoms. The molecule has 2 aliphatic rings. The number of aromatic nitrogens is 3. The van der Waals surface area contributed by atoms with E-state index in [1.54, 1.807) is 23.2 Å². The summed E-state index contributed by atoms with van der Waals surface area (Å²) in [6.45, 7) is 1.14. The smallest absolute Gasteiger partial charge is 0.274 e. The van der Waals surface area contributed by atoms with E-state index >= 15 is 0 Å². The Balaban J connectivity index is 1.50. The van der Waals surface area contributed by atoms with Crippen molar-refractivity contribution in [3.63, 3.8) is 0 Å². The molecule has 0 bridgehead atoms. The second-order valence-electron chi connectivity index (χ2n) is 6.55. The molecule has 2 aromatic rings. The molecule has 6 heteroatoms. The van der Waals surface area contributed by atoms with Gasteiger partial charge in [-0.05, 0) is 44.2 Å². The molecular formula is C18H20N4O2. The zero-order valence-electron chi connectivity index (χ0n) is 13.5. The summed E-state index contributed by atoms with van der Waals surface area (Å²) >= 11 is 0. The lowest BCUT2D eigenvalue weighted by Gasteiger charge is -2.31. The normalized spacial score (nSPS) is 20.0. The number of nitrogens with zero attached hydrogens (tertiary/aromatic N) is 3. The number of aromatic amines is 1. The maximum absolute atomic E-state index is 12.8. The Morgan fingerprint density at radius 1 is 1.21 bits per heavy atom. The van der Waals surface area contributed by atoms with Crippen molar-refractivity contribution in [3.05, 3.63) is 47.0 Å². The van der Waals surface area contributed by atoms with E-state index in [1.807, 2.05) is 6.07 Å². The van der Waals surface area contributed by atoms with Crippen LogP contribution >= 0.6 is 0 Å². The van der Waals surface area contributed by atoms with E-state index in [-0.39, 0.29) is 17.6 Å². The fourth-order valence-electron chi connectivity index (χ4n) is 3.74. The van der Waals surface area contributed by atoms with Crippen LogP contribution in [-0.4, -0.2) is 44.9 Å². The summed E-state index contributed by atoms with van der Waals surface area (Å²) in [4.78, 5) is 31.4. The van der Waals surface area contributed by atoms with Crippen LogP contribution in [0.15, 0.2) is 24.4 Å². The highest BCUT2D eigenvalue weighted by Crippen LogP contribution is 2.26. The number of carbonyl (C=O) groups excluding carboxylic acids is 2. The van der Waals surface area contributed by atoms with Gasteiger partial charge in [0.15, 0.2) is 11.5 Å². The van der Waals surface area contributed by atoms with Gasteiger partial charge in [0.05, 0.1) is 0 Å². The zero-order valence-corrected chi connectivity index (χ0v) is 13.5. The maximum atomic E-state index is 12.8. The van der Waals surface area contributed by atoms with E-state index < -0.39 is 0 Å². The number of carbonyl (C=O) groups is 2. The molecule has 1 aliphatic carbocycles. The lowest BCUT2D eigenvalue weighted by molar-refractivity contribution is 0.0629. The number of fused-ring (bicyclic) bond motifs is 1. The van der Waals surface area contributed by atoms with Gasteiger partial charge in [-0.1, -0.05) is 6.07 Å². The summed E-state index contributed by atoms with van der Waals surface area (Å²) < 4.78 is 0. The summed E-state index contributed by atoms with van der Waals surface area (Å²) in [7, 11) is 0. The van der Waals surface area contributed by atoms with E-state index in [0.29, 0.717) is 24.5 Å². The summed E-state index contributed by atoms with van der Waals surface area (Å²) in [6, 6.07) is 5.36. The molecule has 0 spiro atoms. The van der Waals surface area contributed by atoms with Crippen LogP contribution in [0.2, 0.25) is 0 Å². The van der Waals surface area contributed by atoms with Crippen LogP contribution in [0.4, 0.5) is 0 Å². The fourth-order valence-corrected chi connectivity index (χ4v) is 3.74. The van der Waals surface area contributed by atoms with Crippen LogP contribution in [0.3, 0.4) is 0 Å². The van der Waals surface area contributed by atoms with Crippen LogP contribution in [-0.2, 0) is 12.8 Å². The first-order valence-corrected chi connectivity index (χ1v) is 8.54. The van der Waals surface area contributed by atoms with Crippen LogP contribution in [0.1, 0.15) is 51.5 Å². The van der Waals surface area contributed by atoms with Crippen LogP contribution in [0.5, 0.6) is 0 Å². The lowest BCUT2D eigenvalue weighted by atomic mass is 9.91. The number of hydrogen-bond acceptors (Lipinski definition) is 4. The zero-order chi connectivity index (χ0) is 16.5. The number of likely N-dealkylation sites (tertiary alicyclic amines) is 1.